The van der Waals surface area contributed by atoms with Crippen LogP contribution in [0.5, 0.6) is 0 Å². The number of hydrogen-bond donors (Lipinski definition) is 0. The number of pyridine rings is 1. The molecule has 0 N–H and O–H groups in total. The van der Waals surface area contributed by atoms with Gasteiger partial charge in [-0.05, 0) is 38.0 Å². The minimum atomic E-state index is -0.0834. The van der Waals surface area contributed by atoms with Crippen LogP contribution < -0.4 is 5.56 Å². The molecule has 2 aromatic heterocycles. The van der Waals surface area contributed by atoms with Crippen molar-refractivity contribution >= 4 is 10.9 Å². The first-order valence-electron chi connectivity index (χ1n) is 6.49. The Hall–Kier alpha value is -2.49. The second-order valence-corrected chi connectivity index (χ2v) is 4.95. The fourth-order valence-electron chi connectivity index (χ4n) is 2.48. The van der Waals surface area contributed by atoms with Crippen molar-refractivity contribution in [3.63, 3.8) is 0 Å². The number of para-hydroxylation sites is 1. The zero-order chi connectivity index (χ0) is 14.3. The minimum Gasteiger partial charge on any atom is -0.283 e. The maximum Gasteiger partial charge on any atom is 0.266 e. The van der Waals surface area contributed by atoms with Crippen LogP contribution in [-0.4, -0.2) is 14.5 Å². The zero-order valence-electron chi connectivity index (χ0n) is 11.7. The molecule has 0 spiro atoms. The highest BCUT2D eigenvalue weighted by molar-refractivity contribution is 5.76. The summed E-state index contributed by atoms with van der Waals surface area (Å²) in [5.41, 5.74) is 3.67. The van der Waals surface area contributed by atoms with Crippen LogP contribution in [0.3, 0.4) is 0 Å². The molecule has 0 saturated carbocycles. The topological polar surface area (TPSA) is 47.8 Å². The summed E-state index contributed by atoms with van der Waals surface area (Å²) in [7, 11) is 0. The summed E-state index contributed by atoms with van der Waals surface area (Å²) in [6.07, 6.45) is 3.39. The number of aryl methyl sites for hydroxylation is 3. The van der Waals surface area contributed by atoms with Gasteiger partial charge < -0.3 is 0 Å². The van der Waals surface area contributed by atoms with Crippen molar-refractivity contribution in [1.29, 1.82) is 0 Å². The SMILES string of the molecule is Cc1ncc2c(=O)n(-c3c(C)cccc3C)ccc2n1. The maximum atomic E-state index is 12.6. The van der Waals surface area contributed by atoms with E-state index in [-0.39, 0.29) is 5.56 Å². The molecular weight excluding hydrogens is 250 g/mol. The van der Waals surface area contributed by atoms with Crippen molar-refractivity contribution in [2.45, 2.75) is 20.8 Å². The Balaban J connectivity index is 2.36. The summed E-state index contributed by atoms with van der Waals surface area (Å²) in [4.78, 5) is 21.0. The lowest BCUT2D eigenvalue weighted by molar-refractivity contribution is 0.970. The van der Waals surface area contributed by atoms with Crippen molar-refractivity contribution < 1.29 is 0 Å². The number of benzene rings is 1. The Morgan fingerprint density at radius 2 is 1.75 bits per heavy atom. The number of rotatable bonds is 1. The molecule has 0 atom stereocenters. The van der Waals surface area contributed by atoms with E-state index in [0.717, 1.165) is 16.8 Å². The van der Waals surface area contributed by atoms with Crippen molar-refractivity contribution in [2.24, 2.45) is 0 Å². The molecule has 3 rings (SSSR count). The van der Waals surface area contributed by atoms with Gasteiger partial charge in [0.05, 0.1) is 16.6 Å². The molecule has 0 unspecified atom stereocenters. The number of aromatic nitrogens is 3. The van der Waals surface area contributed by atoms with Crippen LogP contribution in [-0.2, 0) is 0 Å². The highest BCUT2D eigenvalue weighted by Crippen LogP contribution is 2.18. The van der Waals surface area contributed by atoms with E-state index >= 15 is 0 Å². The predicted octanol–water partition coefficient (Wildman–Crippen LogP) is 2.71. The van der Waals surface area contributed by atoms with Gasteiger partial charge in [-0.3, -0.25) is 9.36 Å². The molecule has 4 nitrogen and oxygen atoms in total. The Morgan fingerprint density at radius 3 is 2.45 bits per heavy atom. The van der Waals surface area contributed by atoms with Crippen LogP contribution in [0, 0.1) is 20.8 Å². The molecule has 0 amide bonds. The maximum absolute atomic E-state index is 12.6. The van der Waals surface area contributed by atoms with E-state index in [9.17, 15) is 4.79 Å². The van der Waals surface area contributed by atoms with Crippen molar-refractivity contribution in [1.82, 2.24) is 14.5 Å². The van der Waals surface area contributed by atoms with E-state index in [0.29, 0.717) is 16.7 Å². The normalized spacial score (nSPS) is 10.9. The highest BCUT2D eigenvalue weighted by atomic mass is 16.1. The summed E-state index contributed by atoms with van der Waals surface area (Å²) in [6, 6.07) is 7.86. The Morgan fingerprint density at radius 1 is 1.05 bits per heavy atom. The zero-order valence-corrected chi connectivity index (χ0v) is 11.7. The molecule has 0 saturated heterocycles. The van der Waals surface area contributed by atoms with Crippen molar-refractivity contribution in [3.05, 3.63) is 64.0 Å². The largest absolute Gasteiger partial charge is 0.283 e. The van der Waals surface area contributed by atoms with E-state index in [1.165, 1.54) is 0 Å². The van der Waals surface area contributed by atoms with Crippen molar-refractivity contribution in [2.75, 3.05) is 0 Å². The van der Waals surface area contributed by atoms with E-state index < -0.39 is 0 Å². The smallest absolute Gasteiger partial charge is 0.266 e. The van der Waals surface area contributed by atoms with E-state index in [1.54, 1.807) is 17.0 Å². The molecule has 0 aliphatic rings. The lowest BCUT2D eigenvalue weighted by Crippen LogP contribution is -2.20. The second kappa shape index (κ2) is 4.56. The van der Waals surface area contributed by atoms with Crippen LogP contribution in [0.15, 0.2) is 41.5 Å². The summed E-state index contributed by atoms with van der Waals surface area (Å²) in [6.45, 7) is 5.83. The molecule has 0 bridgehead atoms. The first-order chi connectivity index (χ1) is 9.58. The molecule has 1 aromatic carbocycles. The van der Waals surface area contributed by atoms with Gasteiger partial charge in [-0.25, -0.2) is 9.97 Å². The number of hydrogen-bond acceptors (Lipinski definition) is 3. The highest BCUT2D eigenvalue weighted by Gasteiger charge is 2.10. The Labute approximate surface area is 116 Å². The molecule has 0 radical (unpaired) electrons. The lowest BCUT2D eigenvalue weighted by Gasteiger charge is -2.13. The predicted molar refractivity (Wildman–Crippen MR) is 79.3 cm³/mol. The molecule has 4 heteroatoms. The third-order valence-electron chi connectivity index (χ3n) is 3.45. The van der Waals surface area contributed by atoms with Gasteiger partial charge in [0.1, 0.15) is 5.82 Å². The fraction of sp³-hybridized carbons (Fsp3) is 0.188. The molecule has 0 fully saturated rings. The summed E-state index contributed by atoms with van der Waals surface area (Å²) < 4.78 is 1.67. The quantitative estimate of drug-likeness (QED) is 0.679. The number of fused-ring (bicyclic) bond motifs is 1. The Kier molecular flexibility index (Phi) is 2.86. The standard InChI is InChI=1S/C16H15N3O/c1-10-5-4-6-11(2)15(10)19-8-7-14-13(16(19)20)9-17-12(3)18-14/h4-9H,1-3H3. The van der Waals surface area contributed by atoms with Crippen molar-refractivity contribution in [3.8, 4) is 5.69 Å². The summed E-state index contributed by atoms with van der Waals surface area (Å²) >= 11 is 0. The third-order valence-corrected chi connectivity index (χ3v) is 3.45. The molecule has 20 heavy (non-hydrogen) atoms. The molecular formula is C16H15N3O. The van der Waals surface area contributed by atoms with Crippen LogP contribution in [0.25, 0.3) is 16.6 Å². The summed E-state index contributed by atoms with van der Waals surface area (Å²) in [5, 5.41) is 0.542. The first-order valence-corrected chi connectivity index (χ1v) is 6.49. The first kappa shape index (κ1) is 12.5. The second-order valence-electron chi connectivity index (χ2n) is 4.95. The lowest BCUT2D eigenvalue weighted by atomic mass is 10.1. The van der Waals surface area contributed by atoms with Gasteiger partial charge in [0, 0.05) is 12.4 Å². The number of nitrogens with zero attached hydrogens (tertiary/aromatic N) is 3. The Bertz CT molecular complexity index is 845. The molecule has 0 aliphatic carbocycles. The average Bonchev–Trinajstić information content (AvgIpc) is 2.41. The van der Waals surface area contributed by atoms with Gasteiger partial charge in [-0.15, -0.1) is 0 Å². The van der Waals surface area contributed by atoms with Crippen LogP contribution in [0.2, 0.25) is 0 Å². The third kappa shape index (κ3) is 1.90. The van der Waals surface area contributed by atoms with Crippen LogP contribution >= 0.6 is 0 Å². The van der Waals surface area contributed by atoms with Gasteiger partial charge in [-0.2, -0.15) is 0 Å². The molecule has 2 heterocycles. The average molecular weight is 265 g/mol. The summed E-state index contributed by atoms with van der Waals surface area (Å²) in [5.74, 6) is 0.668. The molecule has 0 aliphatic heterocycles. The molecule has 3 aromatic rings. The van der Waals surface area contributed by atoms with E-state index in [4.69, 9.17) is 0 Å². The monoisotopic (exact) mass is 265 g/mol. The van der Waals surface area contributed by atoms with Gasteiger partial charge in [0.25, 0.3) is 5.56 Å². The van der Waals surface area contributed by atoms with Gasteiger partial charge >= 0.3 is 0 Å². The minimum absolute atomic E-state index is 0.0834. The molecule has 100 valence electrons. The van der Waals surface area contributed by atoms with Gasteiger partial charge in [0.15, 0.2) is 0 Å². The van der Waals surface area contributed by atoms with E-state index in [2.05, 4.69) is 9.97 Å². The fourth-order valence-corrected chi connectivity index (χ4v) is 2.48. The van der Waals surface area contributed by atoms with Crippen LogP contribution in [0.4, 0.5) is 0 Å². The van der Waals surface area contributed by atoms with E-state index in [1.807, 2.05) is 45.0 Å². The van der Waals surface area contributed by atoms with Crippen LogP contribution in [0.1, 0.15) is 17.0 Å². The van der Waals surface area contributed by atoms with Gasteiger partial charge in [-0.1, -0.05) is 18.2 Å². The van der Waals surface area contributed by atoms with Gasteiger partial charge in [0.2, 0.25) is 0 Å².